The van der Waals surface area contributed by atoms with E-state index in [2.05, 4.69) is 58.2 Å². The standard InChI is InChI=1S/C58H83N13O15S/c1-10-28(4)47-53(82)61-21-44(76)64-40-26-87-56-36(35-16-15-34(18-37(35)67-56)86-25-31-11-13-32(14-12-31)63-49(78)30(6)62-54(83)46(27(2)3)70-58(7,8)9)19-38(50(79)60-22-45(77)68-47)65-55(84)48(29(5)42(74)24-72)69-52(81)41-17-33(73)23-71(41)57(85)39(20-43(59)75)66-51(40)80/h11-16,18,27-30,33,38-42,46-48,67,70,72-74H,10,17,19-26H2,1-9H3,(H2,59,75)(H,60,79)(H,61,82)(H,62,83)(H,63,78)(H,64,76)(H,65,84)(H,66,80)(H,68,77)(H,69,81)/t28-,29-,30-,33+,38-,39-,40-,41-,42-,46-,47-,48-/m0/s1. The first-order valence-corrected chi connectivity index (χ1v) is 29.9. The van der Waals surface area contributed by atoms with Crippen molar-refractivity contribution in [2.45, 2.75) is 166 Å². The van der Waals surface area contributed by atoms with Gasteiger partial charge in [-0.2, -0.15) is 0 Å². The number of fused-ring (bicyclic) bond motifs is 5. The van der Waals surface area contributed by atoms with Crippen molar-refractivity contribution in [1.29, 1.82) is 0 Å². The molecule has 3 aliphatic rings. The molecule has 16 N–H and O–H groups in total. The van der Waals surface area contributed by atoms with Crippen molar-refractivity contribution < 1.29 is 72.8 Å². The second kappa shape index (κ2) is 30.2. The Kier molecular flexibility index (Phi) is 23.7. The van der Waals surface area contributed by atoms with E-state index in [0.717, 1.165) is 16.7 Å². The quantitative estimate of drug-likeness (QED) is 0.0723. The largest absolute Gasteiger partial charge is 0.489 e. The Hall–Kier alpha value is -7.86. The molecule has 1 aromatic heterocycles. The van der Waals surface area contributed by atoms with Crippen LogP contribution in [0.2, 0.25) is 0 Å². The van der Waals surface area contributed by atoms with Gasteiger partial charge in [0, 0.05) is 53.7 Å². The summed E-state index contributed by atoms with van der Waals surface area (Å²) < 4.78 is 6.23. The minimum absolute atomic E-state index is 0.0368. The second-order valence-corrected chi connectivity index (χ2v) is 24.8. The summed E-state index contributed by atoms with van der Waals surface area (Å²) in [5.41, 5.74) is 7.17. The van der Waals surface area contributed by atoms with Crippen LogP contribution < -0.4 is 63.6 Å². The molecule has 1 fully saturated rings. The SMILES string of the molecule is CC[C@H](C)[C@@H]1NC(=O)CNC(=O)[C@@H]2Cc3c([nH]c4cc(OCc5ccc(NC(=O)[C@H](C)NC(=O)[C@@H](NC(C)(C)C)C(C)C)cc5)ccc34)SC[C@H](NC(=O)CNC1=O)C(=O)N[C@@H](CC(N)=O)C(=O)N1C[C@H](O)C[C@H]1C(=O)N[C@@H]([C@@H](C)[C@@H](O)CO)C(=O)N2. The molecule has 28 nitrogen and oxygen atoms in total. The van der Waals surface area contributed by atoms with E-state index >= 15 is 0 Å². The van der Waals surface area contributed by atoms with Gasteiger partial charge >= 0.3 is 0 Å². The van der Waals surface area contributed by atoms with Crippen molar-refractivity contribution in [3.8, 4) is 5.75 Å². The summed E-state index contributed by atoms with van der Waals surface area (Å²) >= 11 is 0.961. The van der Waals surface area contributed by atoms with Gasteiger partial charge in [0.2, 0.25) is 65.0 Å². The minimum atomic E-state index is -1.79. The van der Waals surface area contributed by atoms with Gasteiger partial charge in [0.1, 0.15) is 54.6 Å². The number of carbonyl (C=O) groups excluding carboxylic acids is 11. The summed E-state index contributed by atoms with van der Waals surface area (Å²) in [6.45, 7) is 13.3. The predicted octanol–water partition coefficient (Wildman–Crippen LogP) is -2.21. The maximum absolute atomic E-state index is 14.8. The highest BCUT2D eigenvalue weighted by atomic mass is 32.2. The second-order valence-electron chi connectivity index (χ2n) is 23.7. The molecular weight excluding hydrogens is 1150 g/mol. The number of aromatic amines is 1. The molecule has 3 aromatic rings. The summed E-state index contributed by atoms with van der Waals surface area (Å²) in [7, 11) is 0. The molecule has 3 aliphatic heterocycles. The molecule has 2 bridgehead atoms. The van der Waals surface area contributed by atoms with E-state index in [9.17, 15) is 68.1 Å². The van der Waals surface area contributed by atoms with Crippen molar-refractivity contribution in [1.82, 2.24) is 57.7 Å². The van der Waals surface area contributed by atoms with Crippen LogP contribution in [0.3, 0.4) is 0 Å². The Bertz CT molecular complexity index is 3040. The number of nitrogens with two attached hydrogens (primary N) is 1. The number of aliphatic hydroxyl groups is 3. The number of carbonyl (C=O) groups is 11. The fourth-order valence-corrected chi connectivity index (χ4v) is 11.2. The summed E-state index contributed by atoms with van der Waals surface area (Å²) in [5.74, 6) is -11.2. The molecule has 2 aromatic carbocycles. The fourth-order valence-electron chi connectivity index (χ4n) is 10.1. The number of H-pyrrole nitrogens is 1. The van der Waals surface area contributed by atoms with Gasteiger partial charge in [-0.1, -0.05) is 53.2 Å². The first kappa shape index (κ1) is 68.3. The van der Waals surface area contributed by atoms with Crippen molar-refractivity contribution >= 4 is 93.3 Å². The third-order valence-electron chi connectivity index (χ3n) is 15.3. The zero-order chi connectivity index (χ0) is 64.2. The number of thioether (sulfide) groups is 1. The Morgan fingerprint density at radius 2 is 1.47 bits per heavy atom. The van der Waals surface area contributed by atoms with E-state index in [1.807, 2.05) is 34.6 Å². The van der Waals surface area contributed by atoms with E-state index < -0.39 is 171 Å². The van der Waals surface area contributed by atoms with Gasteiger partial charge in [0.25, 0.3) is 0 Å². The third kappa shape index (κ3) is 18.6. The van der Waals surface area contributed by atoms with Crippen molar-refractivity contribution in [3.63, 3.8) is 0 Å². The number of nitrogens with one attached hydrogen (secondary N) is 11. The number of aromatic nitrogens is 1. The molecule has 1 saturated heterocycles. The average molecular weight is 1230 g/mol. The minimum Gasteiger partial charge on any atom is -0.489 e. The van der Waals surface area contributed by atoms with Gasteiger partial charge in [-0.25, -0.2) is 0 Å². The molecular formula is C58H83N13O15S. The fraction of sp³-hybridized carbons (Fsp3) is 0.569. The van der Waals surface area contributed by atoms with Gasteiger partial charge in [-0.3, -0.25) is 52.7 Å². The average Bonchev–Trinajstić information content (AvgIpc) is 1.83. The number of primary amides is 1. The van der Waals surface area contributed by atoms with Crippen LogP contribution in [0.5, 0.6) is 5.75 Å². The van der Waals surface area contributed by atoms with Gasteiger partial charge in [0.15, 0.2) is 0 Å². The molecule has 0 aliphatic carbocycles. The lowest BCUT2D eigenvalue weighted by Gasteiger charge is -2.32. The Morgan fingerprint density at radius 3 is 2.10 bits per heavy atom. The smallest absolute Gasteiger partial charge is 0.246 e. The highest BCUT2D eigenvalue weighted by molar-refractivity contribution is 7.99. The molecule has 0 radical (unpaired) electrons. The van der Waals surface area contributed by atoms with E-state index in [1.54, 1.807) is 63.2 Å². The number of rotatable bonds is 16. The number of anilines is 1. The van der Waals surface area contributed by atoms with E-state index in [4.69, 9.17) is 10.5 Å². The molecule has 29 heteroatoms. The number of nitrogens with zero attached hydrogens (tertiary/aromatic N) is 1. The molecule has 4 heterocycles. The molecule has 0 unspecified atom stereocenters. The zero-order valence-electron chi connectivity index (χ0n) is 50.3. The highest BCUT2D eigenvalue weighted by Crippen LogP contribution is 2.34. The summed E-state index contributed by atoms with van der Waals surface area (Å²) in [6.07, 6.45) is -4.18. The first-order chi connectivity index (χ1) is 41.0. The predicted molar refractivity (Wildman–Crippen MR) is 319 cm³/mol. The normalized spacial score (nSPS) is 24.1. The zero-order valence-corrected chi connectivity index (χ0v) is 51.1. The lowest BCUT2D eigenvalue weighted by molar-refractivity contribution is -0.144. The van der Waals surface area contributed by atoms with Crippen molar-refractivity contribution in [2.75, 3.05) is 37.3 Å². The number of hydrogen-bond donors (Lipinski definition) is 15. The highest BCUT2D eigenvalue weighted by Gasteiger charge is 2.45. The van der Waals surface area contributed by atoms with Gasteiger partial charge in [-0.05, 0) is 74.9 Å². The van der Waals surface area contributed by atoms with E-state index in [1.165, 1.54) is 6.92 Å². The maximum atomic E-state index is 14.8. The number of aliphatic hydroxyl groups excluding tert-OH is 3. The van der Waals surface area contributed by atoms with Gasteiger partial charge in [-0.15, -0.1) is 11.8 Å². The van der Waals surface area contributed by atoms with Crippen LogP contribution in [-0.4, -0.2) is 188 Å². The topological polar surface area (TPSA) is 423 Å². The molecule has 476 valence electrons. The summed E-state index contributed by atoms with van der Waals surface area (Å²) in [6, 6.07) is 0.882. The maximum Gasteiger partial charge on any atom is 0.246 e. The third-order valence-corrected chi connectivity index (χ3v) is 16.4. The lowest BCUT2D eigenvalue weighted by Crippen LogP contribution is -2.62. The molecule has 12 atom stereocenters. The van der Waals surface area contributed by atoms with Crippen LogP contribution in [0.25, 0.3) is 10.9 Å². The van der Waals surface area contributed by atoms with Gasteiger partial charge < -0.3 is 88.8 Å². The Labute approximate surface area is 507 Å². The summed E-state index contributed by atoms with van der Waals surface area (Å²) in [5, 5.41) is 59.4. The Balaban J connectivity index is 1.39. The molecule has 6 rings (SSSR count). The lowest BCUT2D eigenvalue weighted by atomic mass is 9.93. The van der Waals surface area contributed by atoms with E-state index in [0.29, 0.717) is 39.9 Å². The number of hydrogen-bond acceptors (Lipinski definition) is 17. The number of ether oxygens (including phenoxy) is 1. The molecule has 11 amide bonds. The van der Waals surface area contributed by atoms with Crippen molar-refractivity contribution in [3.05, 3.63) is 53.6 Å². The number of amides is 11. The Morgan fingerprint density at radius 1 is 0.805 bits per heavy atom. The number of benzene rings is 2. The van der Waals surface area contributed by atoms with Crippen LogP contribution in [0.1, 0.15) is 92.7 Å². The van der Waals surface area contributed by atoms with Crippen LogP contribution in [0, 0.1) is 17.8 Å². The van der Waals surface area contributed by atoms with Crippen LogP contribution in [0.15, 0.2) is 47.5 Å². The molecule has 0 spiro atoms. The molecule has 87 heavy (non-hydrogen) atoms. The van der Waals surface area contributed by atoms with Crippen LogP contribution in [0.4, 0.5) is 5.69 Å². The van der Waals surface area contributed by atoms with Crippen molar-refractivity contribution in [2.24, 2.45) is 23.5 Å². The first-order valence-electron chi connectivity index (χ1n) is 29.0. The van der Waals surface area contributed by atoms with Gasteiger partial charge in [0.05, 0.1) is 54.9 Å². The monoisotopic (exact) mass is 1230 g/mol. The van der Waals surface area contributed by atoms with Crippen LogP contribution in [-0.2, 0) is 65.8 Å². The summed E-state index contributed by atoms with van der Waals surface area (Å²) in [4.78, 5) is 157. The van der Waals surface area contributed by atoms with E-state index in [-0.39, 0.29) is 41.2 Å². The van der Waals surface area contributed by atoms with Crippen LogP contribution >= 0.6 is 11.8 Å². The molecule has 0 saturated carbocycles.